The summed E-state index contributed by atoms with van der Waals surface area (Å²) in [5.74, 6) is 0.188. The fourth-order valence-corrected chi connectivity index (χ4v) is 1.59. The fraction of sp³-hybridized carbons (Fsp3) is 0.0909. The Labute approximate surface area is 113 Å². The minimum atomic E-state index is -0.613. The first-order valence-electron chi connectivity index (χ1n) is 5.23. The molecule has 1 N–H and O–H groups in total. The molecule has 0 fully saturated rings. The second-order valence-electron chi connectivity index (χ2n) is 3.42. The Morgan fingerprint density at radius 3 is 2.74 bits per heavy atom. The molecule has 19 heavy (non-hydrogen) atoms. The van der Waals surface area contributed by atoms with Crippen LogP contribution < -0.4 is 10.1 Å². The molecule has 2 rings (SSSR count). The van der Waals surface area contributed by atoms with E-state index in [1.807, 2.05) is 0 Å². The highest BCUT2D eigenvalue weighted by atomic mass is 35.5. The molecule has 0 saturated heterocycles. The second kappa shape index (κ2) is 5.49. The zero-order valence-electron chi connectivity index (χ0n) is 9.83. The maximum Gasteiger partial charge on any atom is 0.373 e. The van der Waals surface area contributed by atoms with Gasteiger partial charge in [0.15, 0.2) is 0 Å². The summed E-state index contributed by atoms with van der Waals surface area (Å²) >= 11 is 5.93. The van der Waals surface area contributed by atoms with Crippen molar-refractivity contribution in [2.75, 3.05) is 12.4 Å². The van der Waals surface area contributed by atoms with Crippen LogP contribution in [0.5, 0.6) is 11.6 Å². The lowest BCUT2D eigenvalue weighted by Gasteiger charge is -2.08. The Balaban J connectivity index is 2.46. The highest BCUT2D eigenvalue weighted by Gasteiger charge is 2.24. The summed E-state index contributed by atoms with van der Waals surface area (Å²) < 4.78 is 5.38. The average Bonchev–Trinajstić information content (AvgIpc) is 2.40. The van der Waals surface area contributed by atoms with E-state index in [0.29, 0.717) is 5.02 Å². The van der Waals surface area contributed by atoms with Crippen molar-refractivity contribution in [1.82, 2.24) is 9.97 Å². The lowest BCUT2D eigenvalue weighted by molar-refractivity contribution is -0.385. The van der Waals surface area contributed by atoms with Crippen molar-refractivity contribution < 1.29 is 9.66 Å². The van der Waals surface area contributed by atoms with Crippen molar-refractivity contribution in [2.24, 2.45) is 0 Å². The molecule has 0 spiro atoms. The Bertz CT molecular complexity index is 621. The summed E-state index contributed by atoms with van der Waals surface area (Å²) in [4.78, 5) is 18.0. The number of anilines is 1. The smallest absolute Gasteiger partial charge is 0.373 e. The number of hydrogen-bond acceptors (Lipinski definition) is 6. The molecule has 1 aromatic heterocycles. The highest BCUT2D eigenvalue weighted by molar-refractivity contribution is 6.32. The number of halogens is 1. The SMILES string of the molecule is CNc1ncnc(Oc2ccccc2Cl)c1[N+](=O)[O-]. The lowest BCUT2D eigenvalue weighted by atomic mass is 10.3. The predicted molar refractivity (Wildman–Crippen MR) is 69.8 cm³/mol. The summed E-state index contributed by atoms with van der Waals surface area (Å²) in [5, 5.41) is 14.0. The van der Waals surface area contributed by atoms with E-state index < -0.39 is 4.92 Å². The van der Waals surface area contributed by atoms with Crippen molar-refractivity contribution in [1.29, 1.82) is 0 Å². The van der Waals surface area contributed by atoms with Gasteiger partial charge in [-0.15, -0.1) is 0 Å². The van der Waals surface area contributed by atoms with E-state index in [1.165, 1.54) is 13.4 Å². The molecular weight excluding hydrogens is 272 g/mol. The lowest BCUT2D eigenvalue weighted by Crippen LogP contribution is -2.03. The third kappa shape index (κ3) is 2.71. The maximum atomic E-state index is 11.0. The number of hydrogen-bond donors (Lipinski definition) is 1. The third-order valence-electron chi connectivity index (χ3n) is 2.25. The van der Waals surface area contributed by atoms with Crippen LogP contribution in [-0.4, -0.2) is 21.9 Å². The van der Waals surface area contributed by atoms with Crippen LogP contribution in [0.1, 0.15) is 0 Å². The molecule has 8 heteroatoms. The predicted octanol–water partition coefficient (Wildman–Crippen LogP) is 2.87. The fourth-order valence-electron chi connectivity index (χ4n) is 1.42. The molecule has 98 valence electrons. The molecule has 0 unspecified atom stereocenters. The van der Waals surface area contributed by atoms with Crippen molar-refractivity contribution in [3.8, 4) is 11.6 Å². The summed E-state index contributed by atoms with van der Waals surface area (Å²) in [7, 11) is 1.52. The van der Waals surface area contributed by atoms with Crippen molar-refractivity contribution in [3.05, 3.63) is 45.7 Å². The van der Waals surface area contributed by atoms with Gasteiger partial charge in [-0.25, -0.2) is 4.98 Å². The van der Waals surface area contributed by atoms with Gasteiger partial charge in [0.25, 0.3) is 0 Å². The van der Waals surface area contributed by atoms with Gasteiger partial charge >= 0.3 is 11.6 Å². The zero-order valence-corrected chi connectivity index (χ0v) is 10.6. The van der Waals surface area contributed by atoms with Gasteiger partial charge in [-0.1, -0.05) is 23.7 Å². The number of aromatic nitrogens is 2. The van der Waals surface area contributed by atoms with Gasteiger partial charge in [-0.3, -0.25) is 10.1 Å². The molecule has 7 nitrogen and oxygen atoms in total. The number of rotatable bonds is 4. The number of ether oxygens (including phenoxy) is 1. The van der Waals surface area contributed by atoms with Gasteiger partial charge in [0.05, 0.1) is 9.95 Å². The van der Waals surface area contributed by atoms with Crippen molar-refractivity contribution in [3.63, 3.8) is 0 Å². The Morgan fingerprint density at radius 2 is 2.11 bits per heavy atom. The van der Waals surface area contributed by atoms with Crippen molar-refractivity contribution >= 4 is 23.1 Å². The molecule has 1 aromatic carbocycles. The van der Waals surface area contributed by atoms with Crippen LogP contribution in [0.2, 0.25) is 5.02 Å². The van der Waals surface area contributed by atoms with Gasteiger partial charge in [-0.2, -0.15) is 4.98 Å². The molecule has 1 heterocycles. The largest absolute Gasteiger partial charge is 0.432 e. The molecule has 0 radical (unpaired) electrons. The van der Waals surface area contributed by atoms with Gasteiger partial charge in [0.2, 0.25) is 5.82 Å². The average molecular weight is 281 g/mol. The van der Waals surface area contributed by atoms with Crippen LogP contribution in [-0.2, 0) is 0 Å². The quantitative estimate of drug-likeness (QED) is 0.684. The van der Waals surface area contributed by atoms with Crippen LogP contribution in [0.4, 0.5) is 11.5 Å². The van der Waals surface area contributed by atoms with E-state index in [0.717, 1.165) is 0 Å². The molecule has 0 aliphatic carbocycles. The standard InChI is InChI=1S/C11H9ClN4O3/c1-13-10-9(16(17)18)11(15-6-14-10)19-8-5-3-2-4-7(8)12/h2-6H,1H3,(H,13,14,15). The molecule has 0 saturated carbocycles. The van der Waals surface area contributed by atoms with E-state index >= 15 is 0 Å². The summed E-state index contributed by atoms with van der Waals surface area (Å²) in [5.41, 5.74) is -0.343. The number of para-hydroxylation sites is 1. The third-order valence-corrected chi connectivity index (χ3v) is 2.56. The van der Waals surface area contributed by atoms with Crippen molar-refractivity contribution in [2.45, 2.75) is 0 Å². The Kier molecular flexibility index (Phi) is 3.76. The molecule has 2 aromatic rings. The van der Waals surface area contributed by atoms with Crippen LogP contribution in [0.25, 0.3) is 0 Å². The first-order valence-corrected chi connectivity index (χ1v) is 5.60. The van der Waals surface area contributed by atoms with E-state index in [4.69, 9.17) is 16.3 Å². The first kappa shape index (κ1) is 13.0. The van der Waals surface area contributed by atoms with Crippen LogP contribution in [0.15, 0.2) is 30.6 Å². The minimum absolute atomic E-state index is 0.0713. The number of benzene rings is 1. The Hall–Kier alpha value is -2.41. The van der Waals surface area contributed by atoms with Crippen LogP contribution in [0, 0.1) is 10.1 Å². The van der Waals surface area contributed by atoms with E-state index in [2.05, 4.69) is 15.3 Å². The summed E-state index contributed by atoms with van der Waals surface area (Å²) in [6.07, 6.45) is 1.17. The van der Waals surface area contributed by atoms with Gasteiger partial charge in [-0.05, 0) is 12.1 Å². The van der Waals surface area contributed by atoms with Crippen LogP contribution >= 0.6 is 11.6 Å². The second-order valence-corrected chi connectivity index (χ2v) is 3.82. The van der Waals surface area contributed by atoms with Gasteiger partial charge in [0, 0.05) is 7.05 Å². The highest BCUT2D eigenvalue weighted by Crippen LogP contribution is 2.35. The molecule has 0 atom stereocenters. The van der Waals surface area contributed by atoms with E-state index in [-0.39, 0.29) is 23.1 Å². The number of nitro groups is 1. The zero-order chi connectivity index (χ0) is 13.8. The molecule has 0 bridgehead atoms. The minimum Gasteiger partial charge on any atom is -0.432 e. The normalized spacial score (nSPS) is 10.0. The topological polar surface area (TPSA) is 90.2 Å². The molecule has 0 aliphatic rings. The van der Waals surface area contributed by atoms with Crippen LogP contribution in [0.3, 0.4) is 0 Å². The van der Waals surface area contributed by atoms with E-state index in [1.54, 1.807) is 24.3 Å². The summed E-state index contributed by atoms with van der Waals surface area (Å²) in [6.45, 7) is 0. The van der Waals surface area contributed by atoms with E-state index in [9.17, 15) is 10.1 Å². The van der Waals surface area contributed by atoms with Gasteiger partial charge in [0.1, 0.15) is 12.1 Å². The maximum absolute atomic E-state index is 11.0. The first-order chi connectivity index (χ1) is 9.13. The van der Waals surface area contributed by atoms with Gasteiger partial charge < -0.3 is 10.1 Å². The number of nitrogens with zero attached hydrogens (tertiary/aromatic N) is 3. The molecule has 0 aliphatic heterocycles. The number of nitrogens with one attached hydrogen (secondary N) is 1. The summed E-state index contributed by atoms with van der Waals surface area (Å²) in [6, 6.07) is 6.63. The monoisotopic (exact) mass is 280 g/mol. The Morgan fingerprint density at radius 1 is 1.37 bits per heavy atom. The molecular formula is C11H9ClN4O3. The molecule has 0 amide bonds.